The van der Waals surface area contributed by atoms with Crippen LogP contribution in [-0.4, -0.2) is 12.0 Å². The van der Waals surface area contributed by atoms with Crippen molar-refractivity contribution in [3.05, 3.63) is 57.9 Å². The van der Waals surface area contributed by atoms with Gasteiger partial charge in [0.05, 0.1) is 18.1 Å². The highest BCUT2D eigenvalue weighted by Gasteiger charge is 2.12. The van der Waals surface area contributed by atoms with E-state index in [4.69, 9.17) is 15.2 Å². The number of hydrogen-bond acceptors (Lipinski definition) is 5. The predicted molar refractivity (Wildman–Crippen MR) is 74.8 cm³/mol. The molecule has 0 fully saturated rings. The first kappa shape index (κ1) is 14.6. The number of rotatable bonds is 5. The summed E-state index contributed by atoms with van der Waals surface area (Å²) < 4.78 is 23.7. The molecule has 0 aliphatic carbocycles. The molecular formula is C14H13FN2O4. The van der Waals surface area contributed by atoms with E-state index in [2.05, 4.69) is 0 Å². The first-order valence-corrected chi connectivity index (χ1v) is 6.00. The Kier molecular flexibility index (Phi) is 4.22. The van der Waals surface area contributed by atoms with Crippen molar-refractivity contribution in [2.75, 3.05) is 12.8 Å². The lowest BCUT2D eigenvalue weighted by Gasteiger charge is -2.08. The summed E-state index contributed by atoms with van der Waals surface area (Å²) in [6, 6.07) is 8.55. The zero-order valence-electron chi connectivity index (χ0n) is 11.2. The highest BCUT2D eigenvalue weighted by molar-refractivity contribution is 5.60. The summed E-state index contributed by atoms with van der Waals surface area (Å²) in [6.07, 6.45) is 0. The molecule has 7 heteroatoms. The first-order valence-electron chi connectivity index (χ1n) is 6.00. The molecule has 2 aromatic carbocycles. The number of hydrogen-bond donors (Lipinski definition) is 1. The van der Waals surface area contributed by atoms with Crippen LogP contribution in [-0.2, 0) is 6.61 Å². The third kappa shape index (κ3) is 3.38. The van der Waals surface area contributed by atoms with Gasteiger partial charge in [0.2, 0.25) is 0 Å². The van der Waals surface area contributed by atoms with E-state index in [0.717, 1.165) is 0 Å². The monoisotopic (exact) mass is 292 g/mol. The van der Waals surface area contributed by atoms with Crippen LogP contribution < -0.4 is 15.2 Å². The van der Waals surface area contributed by atoms with Crippen molar-refractivity contribution in [1.82, 2.24) is 0 Å². The number of halogens is 1. The number of nitrogens with two attached hydrogens (primary N) is 1. The maximum Gasteiger partial charge on any atom is 0.295 e. The molecule has 0 saturated heterocycles. The minimum Gasteiger partial charge on any atom is -0.494 e. The molecular weight excluding hydrogens is 279 g/mol. The zero-order valence-corrected chi connectivity index (χ0v) is 11.2. The summed E-state index contributed by atoms with van der Waals surface area (Å²) >= 11 is 0. The van der Waals surface area contributed by atoms with E-state index in [9.17, 15) is 14.5 Å². The molecule has 0 unspecified atom stereocenters. The molecule has 0 atom stereocenters. The van der Waals surface area contributed by atoms with Gasteiger partial charge in [-0.15, -0.1) is 0 Å². The van der Waals surface area contributed by atoms with Gasteiger partial charge in [-0.3, -0.25) is 10.1 Å². The Labute approximate surface area is 120 Å². The normalized spacial score (nSPS) is 10.2. The summed E-state index contributed by atoms with van der Waals surface area (Å²) in [4.78, 5) is 10.2. The lowest BCUT2D eigenvalue weighted by molar-refractivity contribution is -0.384. The van der Waals surface area contributed by atoms with Gasteiger partial charge in [0.25, 0.3) is 5.69 Å². The lowest BCUT2D eigenvalue weighted by atomic mass is 10.2. The molecule has 0 aliphatic heterocycles. The summed E-state index contributed by atoms with van der Waals surface area (Å²) in [5.41, 5.74) is 5.90. The molecule has 0 heterocycles. The highest BCUT2D eigenvalue weighted by Crippen LogP contribution is 2.27. The Morgan fingerprint density at radius 2 is 2.05 bits per heavy atom. The predicted octanol–water partition coefficient (Wildman–Crippen LogP) is 2.90. The molecule has 2 aromatic rings. The fourth-order valence-corrected chi connectivity index (χ4v) is 1.74. The zero-order chi connectivity index (χ0) is 15.4. The van der Waals surface area contributed by atoms with Crippen molar-refractivity contribution in [3.8, 4) is 11.5 Å². The number of nitro groups is 1. The third-order valence-electron chi connectivity index (χ3n) is 2.82. The van der Waals surface area contributed by atoms with E-state index in [1.165, 1.54) is 37.4 Å². The standard InChI is InChI=1S/C14H13FN2O4/c1-20-14-5-2-9(6-11(14)15)8-21-10-3-4-12(16)13(7-10)17(18)19/h2-7H,8,16H2,1H3. The molecule has 6 nitrogen and oxygen atoms in total. The highest BCUT2D eigenvalue weighted by atomic mass is 19.1. The van der Waals surface area contributed by atoms with Crippen LogP contribution in [0.1, 0.15) is 5.56 Å². The number of benzene rings is 2. The van der Waals surface area contributed by atoms with E-state index in [1.807, 2.05) is 0 Å². The van der Waals surface area contributed by atoms with Crippen LogP contribution in [0.3, 0.4) is 0 Å². The maximum absolute atomic E-state index is 13.5. The topological polar surface area (TPSA) is 87.6 Å². The maximum atomic E-state index is 13.5. The van der Waals surface area contributed by atoms with E-state index in [1.54, 1.807) is 6.07 Å². The van der Waals surface area contributed by atoms with Gasteiger partial charge in [-0.2, -0.15) is 0 Å². The molecule has 0 amide bonds. The van der Waals surface area contributed by atoms with Crippen LogP contribution in [0.2, 0.25) is 0 Å². The van der Waals surface area contributed by atoms with Gasteiger partial charge in [-0.1, -0.05) is 6.07 Å². The second-order valence-electron chi connectivity index (χ2n) is 4.24. The Morgan fingerprint density at radius 1 is 1.29 bits per heavy atom. The van der Waals surface area contributed by atoms with Crippen LogP contribution in [0, 0.1) is 15.9 Å². The van der Waals surface area contributed by atoms with Crippen LogP contribution in [0.5, 0.6) is 11.5 Å². The Hall–Kier alpha value is -2.83. The van der Waals surface area contributed by atoms with E-state index in [-0.39, 0.29) is 29.5 Å². The number of methoxy groups -OCH3 is 1. The minimum atomic E-state index is -0.588. The average molecular weight is 292 g/mol. The fourth-order valence-electron chi connectivity index (χ4n) is 1.74. The molecule has 0 spiro atoms. The van der Waals surface area contributed by atoms with Crippen LogP contribution in [0.15, 0.2) is 36.4 Å². The van der Waals surface area contributed by atoms with Crippen molar-refractivity contribution < 1.29 is 18.8 Å². The van der Waals surface area contributed by atoms with Gasteiger partial charge in [-0.25, -0.2) is 4.39 Å². The molecule has 110 valence electrons. The SMILES string of the molecule is COc1ccc(COc2ccc(N)c([N+](=O)[O-])c2)cc1F. The fraction of sp³-hybridized carbons (Fsp3) is 0.143. The van der Waals surface area contributed by atoms with Gasteiger partial charge in [0.1, 0.15) is 18.0 Å². The van der Waals surface area contributed by atoms with Gasteiger partial charge < -0.3 is 15.2 Å². The average Bonchev–Trinajstić information content (AvgIpc) is 2.46. The second kappa shape index (κ2) is 6.08. The molecule has 0 bridgehead atoms. The number of anilines is 1. The van der Waals surface area contributed by atoms with Gasteiger partial charge in [0.15, 0.2) is 11.6 Å². The molecule has 21 heavy (non-hydrogen) atoms. The van der Waals surface area contributed by atoms with Crippen molar-refractivity contribution in [3.63, 3.8) is 0 Å². The minimum absolute atomic E-state index is 0.0582. The van der Waals surface area contributed by atoms with Crippen LogP contribution in [0.4, 0.5) is 15.8 Å². The first-order chi connectivity index (χ1) is 10.0. The summed E-state index contributed by atoms with van der Waals surface area (Å²) in [5, 5.41) is 10.8. The molecule has 0 saturated carbocycles. The number of nitrogen functional groups attached to an aromatic ring is 1. The van der Waals surface area contributed by atoms with Gasteiger partial charge in [0, 0.05) is 0 Å². The summed E-state index contributed by atoms with van der Waals surface area (Å²) in [6.45, 7) is 0.0714. The Bertz CT molecular complexity index is 676. The largest absolute Gasteiger partial charge is 0.494 e. The molecule has 0 aliphatic rings. The van der Waals surface area contributed by atoms with Crippen molar-refractivity contribution in [2.45, 2.75) is 6.61 Å². The van der Waals surface area contributed by atoms with E-state index < -0.39 is 10.7 Å². The second-order valence-corrected chi connectivity index (χ2v) is 4.24. The molecule has 2 rings (SSSR count). The Balaban J connectivity index is 2.11. The van der Waals surface area contributed by atoms with Crippen molar-refractivity contribution >= 4 is 11.4 Å². The van der Waals surface area contributed by atoms with Crippen LogP contribution in [0.25, 0.3) is 0 Å². The van der Waals surface area contributed by atoms with Crippen molar-refractivity contribution in [2.24, 2.45) is 0 Å². The summed E-state index contributed by atoms with van der Waals surface area (Å²) in [5.74, 6) is -0.0733. The van der Waals surface area contributed by atoms with Crippen molar-refractivity contribution in [1.29, 1.82) is 0 Å². The molecule has 0 radical (unpaired) electrons. The number of ether oxygens (including phenoxy) is 2. The quantitative estimate of drug-likeness (QED) is 0.520. The number of nitro benzene ring substituents is 1. The Morgan fingerprint density at radius 3 is 2.67 bits per heavy atom. The van der Waals surface area contributed by atoms with E-state index >= 15 is 0 Å². The third-order valence-corrected chi connectivity index (χ3v) is 2.82. The van der Waals surface area contributed by atoms with Crippen LogP contribution >= 0.6 is 0 Å². The molecule has 2 N–H and O–H groups in total. The number of nitrogens with zero attached hydrogens (tertiary/aromatic N) is 1. The lowest BCUT2D eigenvalue weighted by Crippen LogP contribution is -2.00. The van der Waals surface area contributed by atoms with Gasteiger partial charge in [-0.05, 0) is 29.8 Å². The summed E-state index contributed by atoms with van der Waals surface area (Å²) in [7, 11) is 1.38. The van der Waals surface area contributed by atoms with E-state index in [0.29, 0.717) is 5.56 Å². The van der Waals surface area contributed by atoms with Gasteiger partial charge >= 0.3 is 0 Å². The smallest absolute Gasteiger partial charge is 0.295 e. The molecule has 0 aromatic heterocycles.